The third-order valence-electron chi connectivity index (χ3n) is 2.35. The van der Waals surface area contributed by atoms with Crippen LogP contribution in [-0.2, 0) is 9.47 Å². The zero-order valence-electron chi connectivity index (χ0n) is 5.99. The number of rotatable bonds is 0. The number of hydrogen-bond acceptors (Lipinski definition) is 3. The minimum absolute atomic E-state index is 0.0460. The van der Waals surface area contributed by atoms with Crippen molar-refractivity contribution in [1.29, 1.82) is 0 Å². The molecule has 0 aromatic carbocycles. The molecule has 0 spiro atoms. The van der Waals surface area contributed by atoms with Gasteiger partial charge in [-0.3, -0.25) is 0 Å². The van der Waals surface area contributed by atoms with Gasteiger partial charge in [-0.2, -0.15) is 0 Å². The van der Waals surface area contributed by atoms with Crippen molar-refractivity contribution in [2.45, 2.75) is 31.8 Å². The van der Waals surface area contributed by atoms with Crippen molar-refractivity contribution >= 4 is 0 Å². The van der Waals surface area contributed by atoms with Crippen LogP contribution in [0, 0.1) is 5.92 Å². The van der Waals surface area contributed by atoms with E-state index in [0.29, 0.717) is 0 Å². The average molecular weight is 144 g/mol. The molecule has 2 heterocycles. The second-order valence-electron chi connectivity index (χ2n) is 3.02. The van der Waals surface area contributed by atoms with Crippen LogP contribution in [0.1, 0.15) is 13.3 Å². The van der Waals surface area contributed by atoms with Crippen LogP contribution in [-0.4, -0.2) is 30.2 Å². The van der Waals surface area contributed by atoms with E-state index < -0.39 is 0 Å². The molecule has 2 aliphatic heterocycles. The number of aliphatic hydroxyl groups excluding tert-OH is 1. The highest BCUT2D eigenvalue weighted by atomic mass is 16.7. The zero-order chi connectivity index (χ0) is 7.14. The van der Waals surface area contributed by atoms with E-state index in [-0.39, 0.29) is 24.4 Å². The molecule has 0 unspecified atom stereocenters. The predicted octanol–water partition coefficient (Wildman–Crippen LogP) is 0.129. The molecule has 3 heteroatoms. The second-order valence-corrected chi connectivity index (χ2v) is 3.02. The van der Waals surface area contributed by atoms with Gasteiger partial charge in [0, 0.05) is 5.92 Å². The van der Waals surface area contributed by atoms with Gasteiger partial charge in [-0.1, -0.05) is 0 Å². The van der Waals surface area contributed by atoms with Crippen LogP contribution in [0.4, 0.5) is 0 Å². The van der Waals surface area contributed by atoms with Crippen LogP contribution in [0.2, 0.25) is 0 Å². The monoisotopic (exact) mass is 144 g/mol. The number of fused-ring (bicyclic) bond motifs is 1. The molecule has 2 saturated heterocycles. The lowest BCUT2D eigenvalue weighted by Gasteiger charge is -2.09. The lowest BCUT2D eigenvalue weighted by molar-refractivity contribution is -0.114. The summed E-state index contributed by atoms with van der Waals surface area (Å²) < 4.78 is 10.6. The van der Waals surface area contributed by atoms with Crippen LogP contribution >= 0.6 is 0 Å². The summed E-state index contributed by atoms with van der Waals surface area (Å²) in [5, 5.41) is 9.46. The summed E-state index contributed by atoms with van der Waals surface area (Å²) in [5.41, 5.74) is 0. The van der Waals surface area contributed by atoms with Gasteiger partial charge in [0.05, 0.1) is 18.8 Å². The van der Waals surface area contributed by atoms with Gasteiger partial charge in [0.1, 0.15) is 0 Å². The number of ether oxygens (including phenoxy) is 2. The first kappa shape index (κ1) is 6.58. The first-order valence-corrected chi connectivity index (χ1v) is 3.74. The number of hydrogen-bond donors (Lipinski definition) is 1. The summed E-state index contributed by atoms with van der Waals surface area (Å²) in [6.45, 7) is 2.62. The Morgan fingerprint density at radius 2 is 2.30 bits per heavy atom. The molecule has 2 rings (SSSR count). The van der Waals surface area contributed by atoms with E-state index in [2.05, 4.69) is 0 Å². The molecule has 0 saturated carbocycles. The van der Waals surface area contributed by atoms with Crippen molar-refractivity contribution in [3.63, 3.8) is 0 Å². The van der Waals surface area contributed by atoms with Crippen molar-refractivity contribution in [2.24, 2.45) is 5.92 Å². The molecular weight excluding hydrogens is 132 g/mol. The normalized spacial score (nSPS) is 53.4. The van der Waals surface area contributed by atoms with Gasteiger partial charge in [-0.05, 0) is 13.3 Å². The van der Waals surface area contributed by atoms with Gasteiger partial charge in [-0.15, -0.1) is 0 Å². The van der Waals surface area contributed by atoms with E-state index in [1.165, 1.54) is 0 Å². The fraction of sp³-hybridized carbons (Fsp3) is 1.00. The maximum atomic E-state index is 9.46. The molecule has 3 nitrogen and oxygen atoms in total. The maximum Gasteiger partial charge on any atom is 0.163 e. The Morgan fingerprint density at radius 1 is 1.50 bits per heavy atom. The molecule has 58 valence electrons. The third-order valence-corrected chi connectivity index (χ3v) is 2.35. The summed E-state index contributed by atoms with van der Waals surface area (Å²) in [6.07, 6.45) is 0.462. The first-order chi connectivity index (χ1) is 4.79. The van der Waals surface area contributed by atoms with E-state index >= 15 is 0 Å². The molecule has 1 N–H and O–H groups in total. The molecule has 0 bridgehead atoms. The topological polar surface area (TPSA) is 38.7 Å². The van der Waals surface area contributed by atoms with E-state index in [9.17, 15) is 5.11 Å². The molecular formula is C7H12O3. The Hall–Kier alpha value is -0.120. The molecule has 0 aromatic heterocycles. The fourth-order valence-electron chi connectivity index (χ4n) is 1.69. The zero-order valence-corrected chi connectivity index (χ0v) is 5.99. The summed E-state index contributed by atoms with van der Waals surface area (Å²) in [7, 11) is 0. The molecule has 0 aromatic rings. The highest BCUT2D eigenvalue weighted by Gasteiger charge is 2.44. The van der Waals surface area contributed by atoms with Gasteiger partial charge in [0.2, 0.25) is 0 Å². The Kier molecular flexibility index (Phi) is 1.44. The standard InChI is InChI=1S/C7H12O3/c1-4-6(8)5-2-3-9-7(5)10-4/h4-8H,2-3H2,1H3/t4-,5-,6-,7+/m0/s1. The third kappa shape index (κ3) is 0.779. The highest BCUT2D eigenvalue weighted by molar-refractivity contribution is 4.87. The van der Waals surface area contributed by atoms with Gasteiger partial charge >= 0.3 is 0 Å². The minimum atomic E-state index is -0.313. The predicted molar refractivity (Wildman–Crippen MR) is 34.4 cm³/mol. The van der Waals surface area contributed by atoms with Crippen molar-refractivity contribution in [1.82, 2.24) is 0 Å². The number of aliphatic hydroxyl groups is 1. The van der Waals surface area contributed by atoms with E-state index in [1.54, 1.807) is 0 Å². The van der Waals surface area contributed by atoms with Crippen LogP contribution in [0.15, 0.2) is 0 Å². The Bertz CT molecular complexity index is 135. The highest BCUT2D eigenvalue weighted by Crippen LogP contribution is 2.34. The lowest BCUT2D eigenvalue weighted by Crippen LogP contribution is -2.23. The summed E-state index contributed by atoms with van der Waals surface area (Å²) >= 11 is 0. The lowest BCUT2D eigenvalue weighted by atomic mass is 10.0. The van der Waals surface area contributed by atoms with Gasteiger partial charge in [0.15, 0.2) is 6.29 Å². The SMILES string of the molecule is C[C@@H]1O[C@H]2OCC[C@H]2[C@H]1O. The van der Waals surface area contributed by atoms with E-state index in [1.807, 2.05) is 6.92 Å². The van der Waals surface area contributed by atoms with Crippen molar-refractivity contribution in [3.8, 4) is 0 Å². The second kappa shape index (κ2) is 2.19. The van der Waals surface area contributed by atoms with Gasteiger partial charge < -0.3 is 14.6 Å². The molecule has 0 radical (unpaired) electrons. The Balaban J connectivity index is 2.09. The summed E-state index contributed by atoms with van der Waals surface area (Å²) in [4.78, 5) is 0. The molecule has 2 aliphatic rings. The fourth-order valence-corrected chi connectivity index (χ4v) is 1.69. The van der Waals surface area contributed by atoms with Crippen molar-refractivity contribution in [2.75, 3.05) is 6.61 Å². The first-order valence-electron chi connectivity index (χ1n) is 3.74. The molecule has 2 fully saturated rings. The average Bonchev–Trinajstić information content (AvgIpc) is 2.41. The Labute approximate surface area is 59.9 Å². The molecule has 0 aliphatic carbocycles. The van der Waals surface area contributed by atoms with Crippen molar-refractivity contribution < 1.29 is 14.6 Å². The van der Waals surface area contributed by atoms with Crippen molar-refractivity contribution in [3.05, 3.63) is 0 Å². The van der Waals surface area contributed by atoms with Gasteiger partial charge in [0.25, 0.3) is 0 Å². The van der Waals surface area contributed by atoms with Crippen LogP contribution in [0.5, 0.6) is 0 Å². The molecule has 4 atom stereocenters. The Morgan fingerprint density at radius 3 is 3.00 bits per heavy atom. The van der Waals surface area contributed by atoms with Crippen LogP contribution in [0.3, 0.4) is 0 Å². The smallest absolute Gasteiger partial charge is 0.163 e. The quantitative estimate of drug-likeness (QED) is 0.525. The van der Waals surface area contributed by atoms with E-state index in [4.69, 9.17) is 9.47 Å². The van der Waals surface area contributed by atoms with Crippen LogP contribution in [0.25, 0.3) is 0 Å². The largest absolute Gasteiger partial charge is 0.390 e. The molecule has 10 heavy (non-hydrogen) atoms. The van der Waals surface area contributed by atoms with Crippen LogP contribution < -0.4 is 0 Å². The molecule has 0 amide bonds. The van der Waals surface area contributed by atoms with Gasteiger partial charge in [-0.25, -0.2) is 0 Å². The summed E-state index contributed by atoms with van der Waals surface area (Å²) in [6, 6.07) is 0. The minimum Gasteiger partial charge on any atom is -0.390 e. The maximum absolute atomic E-state index is 9.46. The van der Waals surface area contributed by atoms with E-state index in [0.717, 1.165) is 13.0 Å². The summed E-state index contributed by atoms with van der Waals surface area (Å²) in [5.74, 6) is 0.231.